The maximum absolute atomic E-state index is 5.79. The van der Waals surface area contributed by atoms with E-state index in [9.17, 15) is 0 Å². The minimum absolute atomic E-state index is 0.244. The number of oxazole rings is 1. The Morgan fingerprint density at radius 3 is 3.06 bits per heavy atom. The van der Waals surface area contributed by atoms with Crippen LogP contribution in [0.25, 0.3) is 11.1 Å². The van der Waals surface area contributed by atoms with Gasteiger partial charge in [0.2, 0.25) is 5.89 Å². The summed E-state index contributed by atoms with van der Waals surface area (Å²) in [5.41, 5.74) is 1.68. The van der Waals surface area contributed by atoms with Gasteiger partial charge < -0.3 is 14.5 Å². The molecule has 1 aliphatic heterocycles. The quantitative estimate of drug-likeness (QED) is 0.864. The Kier molecular flexibility index (Phi) is 2.52. The molecule has 2 aromatic rings. The Bertz CT molecular complexity index is 535. The van der Waals surface area contributed by atoms with E-state index in [1.54, 1.807) is 7.11 Å². The molecule has 90 valence electrons. The molecule has 2 unspecified atom stereocenters. The molecular weight excluding hydrogens is 216 g/mol. The van der Waals surface area contributed by atoms with Gasteiger partial charge >= 0.3 is 0 Å². The van der Waals surface area contributed by atoms with Crippen LogP contribution in [-0.4, -0.2) is 18.6 Å². The van der Waals surface area contributed by atoms with Crippen molar-refractivity contribution in [2.75, 3.05) is 13.7 Å². The summed E-state index contributed by atoms with van der Waals surface area (Å²) in [6.07, 6.45) is 1.17. The predicted molar refractivity (Wildman–Crippen MR) is 65.1 cm³/mol. The lowest BCUT2D eigenvalue weighted by Crippen LogP contribution is -2.16. The first-order valence-corrected chi connectivity index (χ1v) is 5.96. The van der Waals surface area contributed by atoms with Gasteiger partial charge in [0.05, 0.1) is 13.2 Å². The second-order valence-corrected chi connectivity index (χ2v) is 4.58. The van der Waals surface area contributed by atoms with Crippen LogP contribution in [0.1, 0.15) is 25.3 Å². The molecule has 1 fully saturated rings. The van der Waals surface area contributed by atoms with Gasteiger partial charge in [0, 0.05) is 6.07 Å². The third kappa shape index (κ3) is 1.78. The summed E-state index contributed by atoms with van der Waals surface area (Å²) in [6, 6.07) is 5.95. The van der Waals surface area contributed by atoms with Crippen LogP contribution < -0.4 is 10.1 Å². The van der Waals surface area contributed by atoms with Gasteiger partial charge in [-0.1, -0.05) is 6.92 Å². The van der Waals surface area contributed by atoms with Crippen LogP contribution in [0, 0.1) is 5.92 Å². The first-order valence-electron chi connectivity index (χ1n) is 5.96. The van der Waals surface area contributed by atoms with E-state index in [-0.39, 0.29) is 6.04 Å². The van der Waals surface area contributed by atoms with Crippen LogP contribution in [-0.2, 0) is 0 Å². The van der Waals surface area contributed by atoms with E-state index in [4.69, 9.17) is 9.15 Å². The fourth-order valence-corrected chi connectivity index (χ4v) is 2.35. The highest BCUT2D eigenvalue weighted by molar-refractivity contribution is 5.74. The summed E-state index contributed by atoms with van der Waals surface area (Å²) in [5, 5.41) is 3.42. The van der Waals surface area contributed by atoms with Crippen molar-refractivity contribution in [2.45, 2.75) is 19.4 Å². The lowest BCUT2D eigenvalue weighted by molar-refractivity contribution is 0.394. The maximum Gasteiger partial charge on any atom is 0.212 e. The van der Waals surface area contributed by atoms with E-state index >= 15 is 0 Å². The van der Waals surface area contributed by atoms with Gasteiger partial charge in [-0.05, 0) is 31.0 Å². The van der Waals surface area contributed by atoms with E-state index in [0.717, 1.165) is 29.3 Å². The van der Waals surface area contributed by atoms with E-state index in [0.29, 0.717) is 5.92 Å². The normalized spacial score (nSPS) is 24.4. The minimum atomic E-state index is 0.244. The zero-order valence-corrected chi connectivity index (χ0v) is 10.1. The van der Waals surface area contributed by atoms with Crippen LogP contribution in [0.2, 0.25) is 0 Å². The number of hydrogen-bond acceptors (Lipinski definition) is 4. The first kappa shape index (κ1) is 10.6. The summed E-state index contributed by atoms with van der Waals surface area (Å²) in [6.45, 7) is 3.26. The highest BCUT2D eigenvalue weighted by atomic mass is 16.5. The predicted octanol–water partition coefficient (Wildman–Crippen LogP) is 2.51. The number of fused-ring (bicyclic) bond motifs is 1. The van der Waals surface area contributed by atoms with Crippen molar-refractivity contribution in [1.82, 2.24) is 10.3 Å². The van der Waals surface area contributed by atoms with Crippen molar-refractivity contribution in [3.8, 4) is 5.75 Å². The molecule has 2 heterocycles. The van der Waals surface area contributed by atoms with Gasteiger partial charge in [0.1, 0.15) is 11.3 Å². The zero-order valence-electron chi connectivity index (χ0n) is 10.1. The number of methoxy groups -OCH3 is 1. The summed E-state index contributed by atoms with van der Waals surface area (Å²) in [7, 11) is 1.66. The van der Waals surface area contributed by atoms with Crippen molar-refractivity contribution < 1.29 is 9.15 Å². The zero-order chi connectivity index (χ0) is 11.8. The minimum Gasteiger partial charge on any atom is -0.497 e. The Morgan fingerprint density at radius 1 is 1.47 bits per heavy atom. The number of aromatic nitrogens is 1. The van der Waals surface area contributed by atoms with Crippen LogP contribution in [0.3, 0.4) is 0 Å². The van der Waals surface area contributed by atoms with Gasteiger partial charge in [0.25, 0.3) is 0 Å². The number of nitrogens with one attached hydrogen (secondary N) is 1. The lowest BCUT2D eigenvalue weighted by atomic mass is 10.0. The molecule has 0 spiro atoms. The van der Waals surface area contributed by atoms with E-state index in [2.05, 4.69) is 17.2 Å². The number of ether oxygens (including phenoxy) is 1. The molecule has 1 aromatic carbocycles. The number of nitrogens with zero attached hydrogens (tertiary/aromatic N) is 1. The first-order chi connectivity index (χ1) is 8.28. The monoisotopic (exact) mass is 232 g/mol. The largest absolute Gasteiger partial charge is 0.497 e. The third-order valence-electron chi connectivity index (χ3n) is 3.41. The van der Waals surface area contributed by atoms with Crippen LogP contribution in [0.5, 0.6) is 5.75 Å². The summed E-state index contributed by atoms with van der Waals surface area (Å²) in [4.78, 5) is 4.54. The van der Waals surface area contributed by atoms with Crippen molar-refractivity contribution in [2.24, 2.45) is 5.92 Å². The molecular formula is C13H16N2O2. The SMILES string of the molecule is COc1ccc2oc(C3NCCC3C)nc2c1. The molecule has 2 atom stereocenters. The fourth-order valence-electron chi connectivity index (χ4n) is 2.35. The Hall–Kier alpha value is -1.55. The molecule has 17 heavy (non-hydrogen) atoms. The van der Waals surface area contributed by atoms with Gasteiger partial charge in [-0.15, -0.1) is 0 Å². The standard InChI is InChI=1S/C13H16N2O2/c1-8-5-6-14-12(8)13-15-10-7-9(16-2)3-4-11(10)17-13/h3-4,7-8,12,14H,5-6H2,1-2H3. The van der Waals surface area contributed by atoms with Gasteiger partial charge in [-0.2, -0.15) is 0 Å². The van der Waals surface area contributed by atoms with Crippen molar-refractivity contribution >= 4 is 11.1 Å². The molecule has 0 bridgehead atoms. The molecule has 4 heteroatoms. The van der Waals surface area contributed by atoms with E-state index < -0.39 is 0 Å². The molecule has 4 nitrogen and oxygen atoms in total. The van der Waals surface area contributed by atoms with Gasteiger partial charge in [0.15, 0.2) is 5.58 Å². The summed E-state index contributed by atoms with van der Waals surface area (Å²) >= 11 is 0. The molecule has 0 radical (unpaired) electrons. The van der Waals surface area contributed by atoms with Crippen LogP contribution in [0.15, 0.2) is 22.6 Å². The van der Waals surface area contributed by atoms with Gasteiger partial charge in [-0.25, -0.2) is 4.98 Å². The van der Waals surface area contributed by atoms with Crippen molar-refractivity contribution in [1.29, 1.82) is 0 Å². The molecule has 0 amide bonds. The van der Waals surface area contributed by atoms with Crippen molar-refractivity contribution in [3.63, 3.8) is 0 Å². The third-order valence-corrected chi connectivity index (χ3v) is 3.41. The average molecular weight is 232 g/mol. The fraction of sp³-hybridized carbons (Fsp3) is 0.462. The van der Waals surface area contributed by atoms with E-state index in [1.165, 1.54) is 6.42 Å². The highest BCUT2D eigenvalue weighted by Gasteiger charge is 2.28. The molecule has 1 aliphatic rings. The smallest absolute Gasteiger partial charge is 0.212 e. The topological polar surface area (TPSA) is 47.3 Å². The number of benzene rings is 1. The molecule has 3 rings (SSSR count). The van der Waals surface area contributed by atoms with E-state index in [1.807, 2.05) is 18.2 Å². The molecule has 0 saturated carbocycles. The molecule has 1 saturated heterocycles. The second-order valence-electron chi connectivity index (χ2n) is 4.58. The molecule has 0 aliphatic carbocycles. The highest BCUT2D eigenvalue weighted by Crippen LogP contribution is 2.31. The number of hydrogen-bond donors (Lipinski definition) is 1. The van der Waals surface area contributed by atoms with Crippen LogP contribution in [0.4, 0.5) is 0 Å². The second kappa shape index (κ2) is 4.04. The Balaban J connectivity index is 2.01. The van der Waals surface area contributed by atoms with Crippen LogP contribution >= 0.6 is 0 Å². The Labute approximate surface area is 100.0 Å². The lowest BCUT2D eigenvalue weighted by Gasteiger charge is -2.10. The summed E-state index contributed by atoms with van der Waals surface area (Å²) in [5.74, 6) is 2.17. The van der Waals surface area contributed by atoms with Crippen molar-refractivity contribution in [3.05, 3.63) is 24.1 Å². The Morgan fingerprint density at radius 2 is 2.35 bits per heavy atom. The molecule has 1 aromatic heterocycles. The number of rotatable bonds is 2. The molecule has 1 N–H and O–H groups in total. The summed E-state index contributed by atoms with van der Waals surface area (Å²) < 4.78 is 11.0. The maximum atomic E-state index is 5.79. The average Bonchev–Trinajstić information content (AvgIpc) is 2.93. The van der Waals surface area contributed by atoms with Gasteiger partial charge in [-0.3, -0.25) is 0 Å².